The molecule has 1 aromatic heterocycles. The second kappa shape index (κ2) is 7.31. The zero-order valence-electron chi connectivity index (χ0n) is 15.0. The highest BCUT2D eigenvalue weighted by Crippen LogP contribution is 2.43. The number of fused-ring (bicyclic) bond motifs is 1. The maximum Gasteiger partial charge on any atom is 0.410 e. The Bertz CT molecular complexity index is 859. The van der Waals surface area contributed by atoms with E-state index < -0.39 is 18.3 Å². The van der Waals surface area contributed by atoms with Crippen LogP contribution >= 0.6 is 11.6 Å². The molecule has 0 unspecified atom stereocenters. The lowest BCUT2D eigenvalue weighted by Crippen LogP contribution is -2.37. The summed E-state index contributed by atoms with van der Waals surface area (Å²) in [6.45, 7) is 1.23. The van der Waals surface area contributed by atoms with Gasteiger partial charge < -0.3 is 10.2 Å². The number of likely N-dealkylation sites (tertiary alicyclic amines) is 1. The summed E-state index contributed by atoms with van der Waals surface area (Å²) in [5, 5.41) is 7.66. The molecule has 2 atom stereocenters. The van der Waals surface area contributed by atoms with E-state index in [1.54, 1.807) is 29.2 Å². The monoisotopic (exact) mass is 412 g/mol. The number of rotatable bonds is 2. The van der Waals surface area contributed by atoms with Crippen molar-refractivity contribution in [3.63, 3.8) is 0 Å². The zero-order valence-corrected chi connectivity index (χ0v) is 15.8. The molecule has 5 nitrogen and oxygen atoms in total. The number of alkyl halides is 3. The molecule has 0 radical (unpaired) electrons. The van der Waals surface area contributed by atoms with Crippen LogP contribution < -0.4 is 5.32 Å². The van der Waals surface area contributed by atoms with Crippen LogP contribution in [0.5, 0.6) is 0 Å². The third-order valence-electron chi connectivity index (χ3n) is 5.32. The molecule has 150 valence electrons. The fourth-order valence-corrected chi connectivity index (χ4v) is 3.98. The van der Waals surface area contributed by atoms with Crippen molar-refractivity contribution in [2.24, 2.45) is 0 Å². The molecule has 1 fully saturated rings. The van der Waals surface area contributed by atoms with Gasteiger partial charge in [-0.3, -0.25) is 4.79 Å². The minimum Gasteiger partial charge on any atom is -0.363 e. The molecule has 0 aliphatic carbocycles. The molecule has 1 N–H and O–H groups in total. The molecule has 4 rings (SSSR count). The molecule has 1 amide bonds. The number of hydrogen-bond donors (Lipinski definition) is 1. The average Bonchev–Trinajstić information content (AvgIpc) is 3.11. The zero-order chi connectivity index (χ0) is 19.9. The number of halogens is 4. The molecule has 2 aromatic rings. The lowest BCUT2D eigenvalue weighted by atomic mass is 9.97. The van der Waals surface area contributed by atoms with Crippen molar-refractivity contribution in [2.45, 2.75) is 43.9 Å². The molecule has 2 aliphatic heterocycles. The van der Waals surface area contributed by atoms with Crippen LogP contribution in [-0.2, 0) is 0 Å². The fourth-order valence-electron chi connectivity index (χ4n) is 3.85. The first-order chi connectivity index (χ1) is 13.3. The van der Waals surface area contributed by atoms with Crippen LogP contribution in [0.2, 0.25) is 5.02 Å². The molecule has 1 saturated heterocycles. The molecular formula is C19H20ClF3N4O. The first-order valence-electron chi connectivity index (χ1n) is 9.30. The number of anilines is 1. The van der Waals surface area contributed by atoms with Gasteiger partial charge in [-0.15, -0.1) is 0 Å². The van der Waals surface area contributed by atoms with Gasteiger partial charge in [0.25, 0.3) is 5.91 Å². The number of piperidine rings is 1. The average molecular weight is 413 g/mol. The van der Waals surface area contributed by atoms with Gasteiger partial charge in [-0.05, 0) is 37.0 Å². The van der Waals surface area contributed by atoms with Crippen molar-refractivity contribution in [1.82, 2.24) is 14.7 Å². The molecule has 0 spiro atoms. The van der Waals surface area contributed by atoms with Crippen LogP contribution in [0.25, 0.3) is 0 Å². The molecule has 9 heteroatoms. The van der Waals surface area contributed by atoms with E-state index >= 15 is 0 Å². The molecule has 0 saturated carbocycles. The van der Waals surface area contributed by atoms with Gasteiger partial charge in [-0.25, -0.2) is 4.68 Å². The highest BCUT2D eigenvalue weighted by atomic mass is 35.5. The number of nitrogens with zero attached hydrogens (tertiary/aromatic N) is 3. The predicted octanol–water partition coefficient (Wildman–Crippen LogP) is 4.82. The van der Waals surface area contributed by atoms with Gasteiger partial charge in [-0.2, -0.15) is 18.3 Å². The lowest BCUT2D eigenvalue weighted by molar-refractivity contribution is -0.173. The van der Waals surface area contributed by atoms with Gasteiger partial charge in [0.1, 0.15) is 5.82 Å². The Hall–Kier alpha value is -2.22. The van der Waals surface area contributed by atoms with E-state index in [4.69, 9.17) is 11.6 Å². The number of amides is 1. The Balaban J connectivity index is 1.65. The van der Waals surface area contributed by atoms with Gasteiger partial charge >= 0.3 is 6.18 Å². The smallest absolute Gasteiger partial charge is 0.363 e. The van der Waals surface area contributed by atoms with Crippen molar-refractivity contribution in [2.75, 3.05) is 18.4 Å². The van der Waals surface area contributed by atoms with E-state index in [-0.39, 0.29) is 23.8 Å². The predicted molar refractivity (Wildman–Crippen MR) is 99.5 cm³/mol. The SMILES string of the molecule is O=C(c1cc2n(n1)[C@H](C(F)(F)F)C[C@H](c1ccc(Cl)cc1)N2)N1CCCCC1. The summed E-state index contributed by atoms with van der Waals surface area (Å²) in [6.07, 6.45) is -1.82. The Morgan fingerprint density at radius 1 is 1.14 bits per heavy atom. The summed E-state index contributed by atoms with van der Waals surface area (Å²) in [6, 6.07) is 5.80. The summed E-state index contributed by atoms with van der Waals surface area (Å²) in [5.41, 5.74) is 0.755. The van der Waals surface area contributed by atoms with Crippen LogP contribution in [0.3, 0.4) is 0 Å². The Labute approximate surface area is 165 Å². The molecule has 28 heavy (non-hydrogen) atoms. The Morgan fingerprint density at radius 2 is 1.82 bits per heavy atom. The third-order valence-corrected chi connectivity index (χ3v) is 5.58. The molecule has 0 bridgehead atoms. The van der Waals surface area contributed by atoms with E-state index in [1.165, 1.54) is 6.07 Å². The topological polar surface area (TPSA) is 50.2 Å². The van der Waals surface area contributed by atoms with Crippen molar-refractivity contribution < 1.29 is 18.0 Å². The summed E-state index contributed by atoms with van der Waals surface area (Å²) in [4.78, 5) is 14.4. The first-order valence-corrected chi connectivity index (χ1v) is 9.68. The third kappa shape index (κ3) is 3.70. The number of nitrogens with one attached hydrogen (secondary N) is 1. The number of carbonyl (C=O) groups excluding carboxylic acids is 1. The van der Waals surface area contributed by atoms with E-state index in [0.717, 1.165) is 23.9 Å². The molecule has 3 heterocycles. The number of benzene rings is 1. The lowest BCUT2D eigenvalue weighted by Gasteiger charge is -2.33. The van der Waals surface area contributed by atoms with Crippen LogP contribution in [-0.4, -0.2) is 39.9 Å². The number of carbonyl (C=O) groups is 1. The molecule has 1 aromatic carbocycles. The van der Waals surface area contributed by atoms with Crippen LogP contribution in [0.4, 0.5) is 19.0 Å². The van der Waals surface area contributed by atoms with Crippen LogP contribution in [0.1, 0.15) is 53.8 Å². The van der Waals surface area contributed by atoms with E-state index in [1.807, 2.05) is 0 Å². The van der Waals surface area contributed by atoms with Crippen molar-refractivity contribution in [3.05, 3.63) is 46.6 Å². The standard InChI is InChI=1S/C19H20ClF3N4O/c20-13-6-4-12(5-7-13)14-10-16(19(21,22)23)27-17(24-14)11-15(25-27)18(28)26-8-2-1-3-9-26/h4-7,11,14,16,24H,1-3,8-10H2/t14-,16+/m1/s1. The van der Waals surface area contributed by atoms with E-state index in [9.17, 15) is 18.0 Å². The normalized spacial score (nSPS) is 22.5. The minimum atomic E-state index is -4.47. The number of hydrogen-bond acceptors (Lipinski definition) is 3. The van der Waals surface area contributed by atoms with Gasteiger partial charge in [0, 0.05) is 30.6 Å². The second-order valence-electron chi connectivity index (χ2n) is 7.25. The largest absolute Gasteiger partial charge is 0.410 e. The quantitative estimate of drug-likeness (QED) is 0.769. The van der Waals surface area contributed by atoms with Gasteiger partial charge in [-0.1, -0.05) is 23.7 Å². The van der Waals surface area contributed by atoms with Gasteiger partial charge in [0.05, 0.1) is 6.04 Å². The summed E-state index contributed by atoms with van der Waals surface area (Å²) < 4.78 is 42.1. The van der Waals surface area contributed by atoms with Gasteiger partial charge in [0.15, 0.2) is 11.7 Å². The van der Waals surface area contributed by atoms with E-state index in [0.29, 0.717) is 23.7 Å². The number of aromatic nitrogens is 2. The second-order valence-corrected chi connectivity index (χ2v) is 7.69. The Morgan fingerprint density at radius 3 is 2.46 bits per heavy atom. The van der Waals surface area contributed by atoms with Crippen LogP contribution in [0, 0.1) is 0 Å². The summed E-state index contributed by atoms with van der Waals surface area (Å²) in [7, 11) is 0. The summed E-state index contributed by atoms with van der Waals surface area (Å²) >= 11 is 5.89. The van der Waals surface area contributed by atoms with E-state index in [2.05, 4.69) is 10.4 Å². The van der Waals surface area contributed by atoms with Crippen molar-refractivity contribution in [1.29, 1.82) is 0 Å². The first kappa shape index (κ1) is 19.1. The van der Waals surface area contributed by atoms with Crippen molar-refractivity contribution >= 4 is 23.3 Å². The highest BCUT2D eigenvalue weighted by Gasteiger charge is 2.47. The Kier molecular flexibility index (Phi) is 4.99. The maximum atomic E-state index is 13.7. The van der Waals surface area contributed by atoms with Gasteiger partial charge in [0.2, 0.25) is 0 Å². The molecular weight excluding hydrogens is 393 g/mol. The summed E-state index contributed by atoms with van der Waals surface area (Å²) in [5.74, 6) is -0.110. The maximum absolute atomic E-state index is 13.7. The highest BCUT2D eigenvalue weighted by molar-refractivity contribution is 6.30. The fraction of sp³-hybridized carbons (Fsp3) is 0.474. The van der Waals surface area contributed by atoms with Crippen LogP contribution in [0.15, 0.2) is 30.3 Å². The van der Waals surface area contributed by atoms with Crippen molar-refractivity contribution in [3.8, 4) is 0 Å². The molecule has 2 aliphatic rings. The minimum absolute atomic E-state index is 0.0513.